The van der Waals surface area contributed by atoms with Crippen molar-refractivity contribution in [2.24, 2.45) is 0 Å². The molecule has 1 aromatic carbocycles. The summed E-state index contributed by atoms with van der Waals surface area (Å²) in [5.74, 6) is -0.427. The molecule has 1 amide bonds. The van der Waals surface area contributed by atoms with E-state index in [2.05, 4.69) is 4.72 Å². The first kappa shape index (κ1) is 19.1. The molecule has 0 aromatic heterocycles. The maximum absolute atomic E-state index is 14.0. The van der Waals surface area contributed by atoms with Crippen LogP contribution in [0.4, 0.5) is 9.18 Å². The van der Waals surface area contributed by atoms with Crippen molar-refractivity contribution >= 4 is 28.7 Å². The van der Waals surface area contributed by atoms with Crippen molar-refractivity contribution in [2.45, 2.75) is 38.3 Å². The van der Waals surface area contributed by atoms with Gasteiger partial charge < -0.3 is 9.64 Å². The van der Waals surface area contributed by atoms with Gasteiger partial charge in [0.15, 0.2) is 0 Å². The summed E-state index contributed by atoms with van der Waals surface area (Å²) in [4.78, 5) is 13.8. The van der Waals surface area contributed by atoms with Crippen molar-refractivity contribution in [1.29, 1.82) is 0 Å². The van der Waals surface area contributed by atoms with Crippen LogP contribution in [0.2, 0.25) is 5.02 Å². The highest BCUT2D eigenvalue weighted by Gasteiger charge is 2.31. The highest BCUT2D eigenvalue weighted by Crippen LogP contribution is 2.29. The van der Waals surface area contributed by atoms with Crippen molar-refractivity contribution < 1.29 is 18.1 Å². The lowest BCUT2D eigenvalue weighted by Gasteiger charge is -2.36. The minimum atomic E-state index is -1.03. The van der Waals surface area contributed by atoms with Crippen molar-refractivity contribution in [3.8, 4) is 0 Å². The molecule has 1 aromatic rings. The molecule has 2 rings (SSSR count). The minimum absolute atomic E-state index is 0.150. The van der Waals surface area contributed by atoms with Crippen LogP contribution in [0.25, 0.3) is 0 Å². The largest absolute Gasteiger partial charge is 0.446 e. The Labute approximate surface area is 149 Å². The van der Waals surface area contributed by atoms with Gasteiger partial charge in [0.2, 0.25) is 0 Å². The zero-order valence-corrected chi connectivity index (χ0v) is 15.3. The number of carbonyl (C=O) groups is 1. The normalized spacial score (nSPS) is 20.6. The summed E-state index contributed by atoms with van der Waals surface area (Å²) >= 11 is 5.77. The third kappa shape index (κ3) is 5.16. The fourth-order valence-corrected chi connectivity index (χ4v) is 3.34. The van der Waals surface area contributed by atoms with Crippen LogP contribution in [0.3, 0.4) is 0 Å². The van der Waals surface area contributed by atoms with Gasteiger partial charge in [-0.3, -0.25) is 0 Å². The second kappa shape index (κ2) is 8.78. The summed E-state index contributed by atoms with van der Waals surface area (Å²) < 4.78 is 33.2. The Balaban J connectivity index is 1.88. The molecule has 1 heterocycles. The molecule has 0 bridgehead atoms. The van der Waals surface area contributed by atoms with Crippen LogP contribution in [0, 0.1) is 5.82 Å². The Morgan fingerprint density at radius 1 is 1.54 bits per heavy atom. The van der Waals surface area contributed by atoms with Crippen molar-refractivity contribution in [3.63, 3.8) is 0 Å². The number of carbonyl (C=O) groups excluding carboxylic acids is 1. The van der Waals surface area contributed by atoms with Gasteiger partial charge in [-0.1, -0.05) is 17.7 Å². The molecule has 24 heavy (non-hydrogen) atoms. The molecule has 5 nitrogen and oxygen atoms in total. The van der Waals surface area contributed by atoms with Crippen LogP contribution in [0.15, 0.2) is 18.2 Å². The molecular formula is C16H22ClFN2O3S. The zero-order valence-electron chi connectivity index (χ0n) is 13.8. The second-order valence-corrected chi connectivity index (χ2v) is 7.45. The van der Waals surface area contributed by atoms with E-state index in [0.717, 1.165) is 6.42 Å². The van der Waals surface area contributed by atoms with Crippen molar-refractivity contribution in [1.82, 2.24) is 9.62 Å². The quantitative estimate of drug-likeness (QED) is 0.742. The fraction of sp³-hybridized carbons (Fsp3) is 0.562. The number of amides is 1. The van der Waals surface area contributed by atoms with Gasteiger partial charge in [0.1, 0.15) is 11.9 Å². The maximum Gasteiger partial charge on any atom is 0.410 e. The lowest BCUT2D eigenvalue weighted by atomic mass is 10.0. The average Bonchev–Trinajstić information content (AvgIpc) is 2.51. The molecule has 0 saturated carbocycles. The topological polar surface area (TPSA) is 58.6 Å². The van der Waals surface area contributed by atoms with Crippen LogP contribution in [-0.4, -0.2) is 40.7 Å². The summed E-state index contributed by atoms with van der Waals surface area (Å²) in [6, 6.07) is 4.04. The van der Waals surface area contributed by atoms with E-state index < -0.39 is 28.9 Å². The number of halogens is 2. The van der Waals surface area contributed by atoms with E-state index in [1.165, 1.54) is 11.0 Å². The molecule has 1 N–H and O–H groups in total. The van der Waals surface area contributed by atoms with Crippen molar-refractivity contribution in [3.05, 3.63) is 34.6 Å². The highest BCUT2D eigenvalue weighted by molar-refractivity contribution is 7.82. The lowest BCUT2D eigenvalue weighted by Crippen LogP contribution is -2.43. The van der Waals surface area contributed by atoms with Gasteiger partial charge in [-0.25, -0.2) is 18.1 Å². The van der Waals surface area contributed by atoms with Gasteiger partial charge in [-0.2, -0.15) is 0 Å². The summed E-state index contributed by atoms with van der Waals surface area (Å²) in [5.41, 5.74) is 0.421. The number of nitrogens with one attached hydrogen (secondary N) is 1. The summed E-state index contributed by atoms with van der Waals surface area (Å²) in [5, 5.41) is 0.325. The van der Waals surface area contributed by atoms with E-state index in [9.17, 15) is 13.4 Å². The van der Waals surface area contributed by atoms with E-state index in [0.29, 0.717) is 36.5 Å². The van der Waals surface area contributed by atoms with Gasteiger partial charge in [-0.15, -0.1) is 0 Å². The number of cyclic esters (lactones) is 1. The summed E-state index contributed by atoms with van der Waals surface area (Å²) in [6.45, 7) is 2.90. The van der Waals surface area contributed by atoms with E-state index in [4.69, 9.17) is 16.3 Å². The van der Waals surface area contributed by atoms with E-state index in [1.807, 2.05) is 0 Å². The minimum Gasteiger partial charge on any atom is -0.446 e. The predicted octanol–water partition coefficient (Wildman–Crippen LogP) is 3.41. The smallest absolute Gasteiger partial charge is 0.410 e. The lowest BCUT2D eigenvalue weighted by molar-refractivity contribution is 0.00904. The Kier molecular flexibility index (Phi) is 7.01. The number of benzene rings is 1. The van der Waals surface area contributed by atoms with E-state index >= 15 is 0 Å². The highest BCUT2D eigenvalue weighted by atomic mass is 35.5. The third-order valence-electron chi connectivity index (χ3n) is 4.08. The Hall–Kier alpha value is -1.18. The van der Waals surface area contributed by atoms with Crippen LogP contribution in [0.5, 0.6) is 0 Å². The monoisotopic (exact) mass is 376 g/mol. The van der Waals surface area contributed by atoms with Gasteiger partial charge in [0.25, 0.3) is 0 Å². The molecule has 1 fully saturated rings. The van der Waals surface area contributed by atoms with Crippen LogP contribution in [0.1, 0.15) is 37.8 Å². The van der Waals surface area contributed by atoms with Crippen LogP contribution in [-0.2, 0) is 15.7 Å². The molecule has 3 atom stereocenters. The zero-order chi connectivity index (χ0) is 17.7. The molecule has 3 unspecified atom stereocenters. The molecule has 1 aliphatic heterocycles. The van der Waals surface area contributed by atoms with Crippen LogP contribution < -0.4 is 4.72 Å². The number of nitrogens with zero attached hydrogens (tertiary/aromatic N) is 1. The first-order valence-corrected chi connectivity index (χ1v) is 9.81. The summed E-state index contributed by atoms with van der Waals surface area (Å²) in [6.07, 6.45) is 3.19. The van der Waals surface area contributed by atoms with E-state index in [-0.39, 0.29) is 6.10 Å². The third-order valence-corrected chi connectivity index (χ3v) is 4.93. The second-order valence-electron chi connectivity index (χ2n) is 5.82. The van der Waals surface area contributed by atoms with Gasteiger partial charge >= 0.3 is 6.09 Å². The maximum atomic E-state index is 14.0. The molecular weight excluding hydrogens is 355 g/mol. The molecule has 1 saturated heterocycles. The number of hydrogen-bond donors (Lipinski definition) is 1. The molecule has 0 aliphatic carbocycles. The van der Waals surface area contributed by atoms with Crippen LogP contribution >= 0.6 is 11.6 Å². The number of ether oxygens (including phenoxy) is 1. The number of rotatable bonds is 7. The van der Waals surface area contributed by atoms with Crippen molar-refractivity contribution in [2.75, 3.05) is 19.3 Å². The Morgan fingerprint density at radius 3 is 2.92 bits per heavy atom. The predicted molar refractivity (Wildman–Crippen MR) is 92.7 cm³/mol. The molecule has 0 spiro atoms. The molecule has 1 aliphatic rings. The van der Waals surface area contributed by atoms with Gasteiger partial charge in [0, 0.05) is 36.4 Å². The molecule has 0 radical (unpaired) electrons. The number of hydrogen-bond acceptors (Lipinski definition) is 3. The average molecular weight is 377 g/mol. The Morgan fingerprint density at radius 2 is 2.29 bits per heavy atom. The standard InChI is InChI=1S/C16H22ClFN2O3S/c1-11(14-6-5-12(17)10-15(14)18)20-9-7-13(23-16(20)21)4-3-8-19-24(2)22/h5-6,10-11,13,19H,3-4,7-9H2,1-2H3. The SMILES string of the molecule is CC(c1ccc(Cl)cc1F)N1CCC(CCCNS(C)=O)OC1=O. The fourth-order valence-electron chi connectivity index (χ4n) is 2.75. The summed E-state index contributed by atoms with van der Waals surface area (Å²) in [7, 11) is -1.03. The van der Waals surface area contributed by atoms with Gasteiger partial charge in [-0.05, 0) is 31.9 Å². The Bertz CT molecular complexity index is 617. The molecule has 8 heteroatoms. The first-order valence-electron chi connectivity index (χ1n) is 7.87. The van der Waals surface area contributed by atoms with Gasteiger partial charge in [0.05, 0.1) is 17.0 Å². The molecule has 134 valence electrons. The van der Waals surface area contributed by atoms with E-state index in [1.54, 1.807) is 25.3 Å². The first-order chi connectivity index (χ1) is 11.4.